The molecular weight excluding hydrogens is 324 g/mol. The second-order valence-electron chi connectivity index (χ2n) is 6.37. The second kappa shape index (κ2) is 7.83. The molecular formula is C22H22N2O2. The Labute approximate surface area is 153 Å². The van der Waals surface area contributed by atoms with E-state index >= 15 is 0 Å². The van der Waals surface area contributed by atoms with Gasteiger partial charge in [0.25, 0.3) is 5.91 Å². The van der Waals surface area contributed by atoms with Gasteiger partial charge >= 0.3 is 0 Å². The van der Waals surface area contributed by atoms with Crippen LogP contribution in [0.4, 0.5) is 0 Å². The lowest BCUT2D eigenvalue weighted by Gasteiger charge is -2.17. The molecule has 0 radical (unpaired) electrons. The maximum Gasteiger partial charge on any atom is 0.251 e. The van der Waals surface area contributed by atoms with E-state index in [2.05, 4.69) is 28.8 Å². The molecule has 0 aliphatic heterocycles. The molecule has 0 fully saturated rings. The molecule has 0 aliphatic rings. The van der Waals surface area contributed by atoms with Gasteiger partial charge in [0.1, 0.15) is 0 Å². The normalized spacial score (nSPS) is 11.8. The highest BCUT2D eigenvalue weighted by atomic mass is 16.2. The number of amides is 2. The zero-order valence-electron chi connectivity index (χ0n) is 15.0. The molecule has 0 saturated heterocycles. The Bertz CT molecular complexity index is 927. The number of carbonyl (C=O) groups is 2. The van der Waals surface area contributed by atoms with Crippen LogP contribution in [0.2, 0.25) is 0 Å². The molecule has 0 heterocycles. The molecule has 4 heteroatoms. The number of benzene rings is 3. The van der Waals surface area contributed by atoms with Gasteiger partial charge in [-0.1, -0.05) is 54.6 Å². The van der Waals surface area contributed by atoms with Crippen molar-refractivity contribution in [3.8, 4) is 0 Å². The van der Waals surface area contributed by atoms with Crippen LogP contribution in [0.15, 0.2) is 66.7 Å². The zero-order valence-corrected chi connectivity index (χ0v) is 15.0. The first-order valence-electron chi connectivity index (χ1n) is 8.66. The first kappa shape index (κ1) is 17.7. The summed E-state index contributed by atoms with van der Waals surface area (Å²) in [5.74, 6) is -0.188. The largest absolute Gasteiger partial charge is 0.352 e. The van der Waals surface area contributed by atoms with Crippen LogP contribution in [0.5, 0.6) is 0 Å². The fraction of sp³-hybridized carbons (Fsp3) is 0.182. The molecule has 3 rings (SSSR count). The highest BCUT2D eigenvalue weighted by Gasteiger charge is 2.13. The van der Waals surface area contributed by atoms with Crippen LogP contribution in [0.25, 0.3) is 10.8 Å². The molecule has 26 heavy (non-hydrogen) atoms. The van der Waals surface area contributed by atoms with Crippen molar-refractivity contribution in [3.63, 3.8) is 0 Å². The lowest BCUT2D eigenvalue weighted by atomic mass is 9.99. The highest BCUT2D eigenvalue weighted by Crippen LogP contribution is 2.24. The van der Waals surface area contributed by atoms with Gasteiger partial charge in [0.15, 0.2) is 0 Å². The van der Waals surface area contributed by atoms with E-state index in [0.717, 1.165) is 21.9 Å². The van der Waals surface area contributed by atoms with Crippen molar-refractivity contribution in [2.75, 3.05) is 0 Å². The minimum absolute atomic E-state index is 0.0734. The smallest absolute Gasteiger partial charge is 0.251 e. The van der Waals surface area contributed by atoms with Gasteiger partial charge in [-0.25, -0.2) is 0 Å². The summed E-state index contributed by atoms with van der Waals surface area (Å²) in [6.07, 6.45) is 0. The van der Waals surface area contributed by atoms with Crippen molar-refractivity contribution >= 4 is 22.6 Å². The molecule has 0 aliphatic carbocycles. The van der Waals surface area contributed by atoms with Crippen LogP contribution >= 0.6 is 0 Å². The summed E-state index contributed by atoms with van der Waals surface area (Å²) in [5, 5.41) is 8.11. The van der Waals surface area contributed by atoms with Gasteiger partial charge in [-0.15, -0.1) is 0 Å². The summed E-state index contributed by atoms with van der Waals surface area (Å²) >= 11 is 0. The van der Waals surface area contributed by atoms with E-state index in [9.17, 15) is 9.59 Å². The van der Waals surface area contributed by atoms with Gasteiger partial charge in [-0.2, -0.15) is 0 Å². The topological polar surface area (TPSA) is 58.2 Å². The van der Waals surface area contributed by atoms with Crippen LogP contribution in [-0.2, 0) is 11.3 Å². The first-order chi connectivity index (χ1) is 12.5. The molecule has 0 aromatic heterocycles. The van der Waals surface area contributed by atoms with E-state index in [4.69, 9.17) is 0 Å². The summed E-state index contributed by atoms with van der Waals surface area (Å²) in [4.78, 5) is 23.5. The van der Waals surface area contributed by atoms with Crippen LogP contribution in [0, 0.1) is 0 Å². The second-order valence-corrected chi connectivity index (χ2v) is 6.37. The van der Waals surface area contributed by atoms with Crippen molar-refractivity contribution in [1.29, 1.82) is 0 Å². The zero-order chi connectivity index (χ0) is 18.5. The molecule has 0 spiro atoms. The molecule has 2 N–H and O–H groups in total. The number of fused-ring (bicyclic) bond motifs is 1. The molecule has 4 nitrogen and oxygen atoms in total. The third-order valence-electron chi connectivity index (χ3n) is 4.40. The Morgan fingerprint density at radius 1 is 0.923 bits per heavy atom. The Morgan fingerprint density at radius 2 is 1.62 bits per heavy atom. The Kier molecular flexibility index (Phi) is 5.32. The predicted molar refractivity (Wildman–Crippen MR) is 104 cm³/mol. The molecule has 1 unspecified atom stereocenters. The van der Waals surface area contributed by atoms with E-state index in [0.29, 0.717) is 12.1 Å². The predicted octanol–water partition coefficient (Wildman–Crippen LogP) is 3.97. The average molecular weight is 346 g/mol. The summed E-state index contributed by atoms with van der Waals surface area (Å²) in [7, 11) is 0. The van der Waals surface area contributed by atoms with E-state index in [-0.39, 0.29) is 17.9 Å². The summed E-state index contributed by atoms with van der Waals surface area (Å²) < 4.78 is 0. The van der Waals surface area contributed by atoms with Gasteiger partial charge in [0.2, 0.25) is 5.91 Å². The van der Waals surface area contributed by atoms with E-state index < -0.39 is 0 Å². The number of carbonyl (C=O) groups excluding carboxylic acids is 2. The number of hydrogen-bond donors (Lipinski definition) is 2. The number of rotatable bonds is 5. The molecule has 0 saturated carbocycles. The monoisotopic (exact) mass is 346 g/mol. The van der Waals surface area contributed by atoms with Gasteiger partial charge in [0.05, 0.1) is 6.04 Å². The van der Waals surface area contributed by atoms with Gasteiger partial charge < -0.3 is 10.6 Å². The Hall–Kier alpha value is -3.14. The fourth-order valence-electron chi connectivity index (χ4n) is 2.99. The lowest BCUT2D eigenvalue weighted by Crippen LogP contribution is -2.26. The average Bonchev–Trinajstić information content (AvgIpc) is 2.66. The maximum absolute atomic E-state index is 12.6. The summed E-state index contributed by atoms with van der Waals surface area (Å²) in [5.41, 5.74) is 2.65. The van der Waals surface area contributed by atoms with Crippen LogP contribution < -0.4 is 10.6 Å². The molecule has 1 atom stereocenters. The summed E-state index contributed by atoms with van der Waals surface area (Å²) in [6, 6.07) is 21.5. The van der Waals surface area contributed by atoms with Gasteiger partial charge in [-0.05, 0) is 41.0 Å². The Morgan fingerprint density at radius 3 is 2.35 bits per heavy atom. The molecule has 0 bridgehead atoms. The fourth-order valence-corrected chi connectivity index (χ4v) is 2.99. The Balaban J connectivity index is 1.71. The van der Waals surface area contributed by atoms with Crippen molar-refractivity contribution in [3.05, 3.63) is 83.4 Å². The van der Waals surface area contributed by atoms with E-state index in [1.165, 1.54) is 6.92 Å². The van der Waals surface area contributed by atoms with Crippen molar-refractivity contribution in [1.82, 2.24) is 10.6 Å². The van der Waals surface area contributed by atoms with Crippen LogP contribution in [-0.4, -0.2) is 11.8 Å². The quantitative estimate of drug-likeness (QED) is 0.734. The van der Waals surface area contributed by atoms with Crippen molar-refractivity contribution in [2.24, 2.45) is 0 Å². The molecule has 2 amide bonds. The third kappa shape index (κ3) is 4.09. The van der Waals surface area contributed by atoms with Gasteiger partial charge in [-0.3, -0.25) is 9.59 Å². The SMILES string of the molecule is CC(=O)NCc1ccc(C(=O)NC(C)c2cccc3ccccc23)cc1. The minimum Gasteiger partial charge on any atom is -0.352 e. The van der Waals surface area contributed by atoms with Crippen molar-refractivity contribution < 1.29 is 9.59 Å². The molecule has 3 aromatic rings. The van der Waals surface area contributed by atoms with Gasteiger partial charge in [0, 0.05) is 19.0 Å². The third-order valence-corrected chi connectivity index (χ3v) is 4.40. The molecule has 132 valence electrons. The van der Waals surface area contributed by atoms with Crippen LogP contribution in [0.1, 0.15) is 41.4 Å². The summed E-state index contributed by atoms with van der Waals surface area (Å²) in [6.45, 7) is 3.94. The number of hydrogen-bond acceptors (Lipinski definition) is 2. The maximum atomic E-state index is 12.6. The standard InChI is InChI=1S/C22H22N2O2/c1-15(20-9-5-7-18-6-3-4-8-21(18)20)24-22(26)19-12-10-17(11-13-19)14-23-16(2)25/h3-13,15H,14H2,1-2H3,(H,23,25)(H,24,26). The number of nitrogens with one attached hydrogen (secondary N) is 2. The molecule has 3 aromatic carbocycles. The first-order valence-corrected chi connectivity index (χ1v) is 8.66. The van der Waals surface area contributed by atoms with Crippen molar-refractivity contribution in [2.45, 2.75) is 26.4 Å². The van der Waals surface area contributed by atoms with Crippen LogP contribution in [0.3, 0.4) is 0 Å². The minimum atomic E-state index is -0.114. The van der Waals surface area contributed by atoms with E-state index in [1.807, 2.05) is 43.3 Å². The van der Waals surface area contributed by atoms with E-state index in [1.54, 1.807) is 12.1 Å². The highest BCUT2D eigenvalue weighted by molar-refractivity contribution is 5.95. The lowest BCUT2D eigenvalue weighted by molar-refractivity contribution is -0.119.